The summed E-state index contributed by atoms with van der Waals surface area (Å²) < 4.78 is 0. The first-order valence-electron chi connectivity index (χ1n) is 7.53. The van der Waals surface area contributed by atoms with Crippen molar-refractivity contribution < 1.29 is 5.11 Å². The Morgan fingerprint density at radius 1 is 1.18 bits per heavy atom. The van der Waals surface area contributed by atoms with E-state index in [-0.39, 0.29) is 0 Å². The third-order valence-corrected chi connectivity index (χ3v) is 4.93. The van der Waals surface area contributed by atoms with Gasteiger partial charge < -0.3 is 10.4 Å². The maximum atomic E-state index is 9.47. The summed E-state index contributed by atoms with van der Waals surface area (Å²) in [6, 6.07) is 1.01. The zero-order valence-corrected chi connectivity index (χ0v) is 11.5. The molecule has 100 valence electrons. The Labute approximate surface area is 106 Å². The number of rotatable bonds is 5. The Bertz CT molecular complexity index is 233. The Kier molecular flexibility index (Phi) is 4.48. The third-order valence-electron chi connectivity index (χ3n) is 4.93. The summed E-state index contributed by atoms with van der Waals surface area (Å²) in [5.74, 6) is 0.669. The largest absolute Gasteiger partial charge is 0.395 e. The lowest BCUT2D eigenvalue weighted by molar-refractivity contribution is 0.00988. The van der Waals surface area contributed by atoms with Crippen LogP contribution in [-0.2, 0) is 0 Å². The van der Waals surface area contributed by atoms with E-state index in [2.05, 4.69) is 19.2 Å². The fourth-order valence-electron chi connectivity index (χ4n) is 3.86. The van der Waals surface area contributed by atoms with Gasteiger partial charge in [-0.3, -0.25) is 0 Å². The zero-order chi connectivity index (χ0) is 12.3. The van der Waals surface area contributed by atoms with Crippen molar-refractivity contribution in [2.75, 3.05) is 6.61 Å². The lowest BCUT2D eigenvalue weighted by Crippen LogP contribution is -2.57. The van der Waals surface area contributed by atoms with Crippen molar-refractivity contribution in [3.8, 4) is 0 Å². The second kappa shape index (κ2) is 5.71. The van der Waals surface area contributed by atoms with Crippen LogP contribution in [-0.4, -0.2) is 23.8 Å². The molecule has 0 saturated heterocycles. The van der Waals surface area contributed by atoms with Gasteiger partial charge in [0.05, 0.1) is 6.61 Å². The topological polar surface area (TPSA) is 32.3 Å². The minimum atomic E-state index is 0.296. The van der Waals surface area contributed by atoms with Crippen LogP contribution in [0, 0.1) is 11.3 Å². The Hall–Kier alpha value is -0.0800. The van der Waals surface area contributed by atoms with Crippen molar-refractivity contribution in [2.24, 2.45) is 11.3 Å². The summed E-state index contributed by atoms with van der Waals surface area (Å²) in [6.07, 6.45) is 11.0. The highest BCUT2D eigenvalue weighted by Crippen LogP contribution is 2.51. The number of aliphatic hydroxyl groups excluding tert-OH is 1. The van der Waals surface area contributed by atoms with E-state index in [0.717, 1.165) is 6.42 Å². The molecule has 2 heteroatoms. The first-order valence-corrected chi connectivity index (χ1v) is 7.53. The molecule has 0 aromatic carbocycles. The van der Waals surface area contributed by atoms with Crippen molar-refractivity contribution in [3.05, 3.63) is 0 Å². The van der Waals surface area contributed by atoms with E-state index in [9.17, 15) is 5.11 Å². The van der Waals surface area contributed by atoms with Crippen LogP contribution in [0.4, 0.5) is 0 Å². The number of hydrogen-bond donors (Lipinski definition) is 2. The van der Waals surface area contributed by atoms with E-state index >= 15 is 0 Å². The van der Waals surface area contributed by atoms with Gasteiger partial charge in [-0.1, -0.05) is 33.1 Å². The SMILES string of the molecule is CC(C)CC(CO)NC1CCC12CCCCC2. The van der Waals surface area contributed by atoms with Crippen LogP contribution in [0.1, 0.15) is 65.2 Å². The smallest absolute Gasteiger partial charge is 0.0584 e. The highest BCUT2D eigenvalue weighted by molar-refractivity contribution is 5.02. The molecule has 0 heterocycles. The molecule has 2 aliphatic rings. The second-order valence-corrected chi connectivity index (χ2v) is 6.69. The lowest BCUT2D eigenvalue weighted by atomic mass is 9.57. The quantitative estimate of drug-likeness (QED) is 0.772. The molecule has 2 rings (SSSR count). The fraction of sp³-hybridized carbons (Fsp3) is 1.00. The minimum Gasteiger partial charge on any atom is -0.395 e. The molecule has 0 amide bonds. The van der Waals surface area contributed by atoms with Crippen molar-refractivity contribution in [2.45, 2.75) is 77.3 Å². The number of aliphatic hydroxyl groups is 1. The van der Waals surface area contributed by atoms with Crippen LogP contribution in [0.25, 0.3) is 0 Å². The Balaban J connectivity index is 1.85. The number of nitrogens with one attached hydrogen (secondary N) is 1. The molecule has 0 bridgehead atoms. The average Bonchev–Trinajstić information content (AvgIpc) is 2.33. The average molecular weight is 239 g/mol. The molecular weight excluding hydrogens is 210 g/mol. The minimum absolute atomic E-state index is 0.296. The first kappa shape index (κ1) is 13.4. The second-order valence-electron chi connectivity index (χ2n) is 6.69. The van der Waals surface area contributed by atoms with Crippen molar-refractivity contribution >= 4 is 0 Å². The molecule has 0 aliphatic heterocycles. The van der Waals surface area contributed by atoms with Gasteiger partial charge in [0.25, 0.3) is 0 Å². The van der Waals surface area contributed by atoms with Gasteiger partial charge in [0.2, 0.25) is 0 Å². The molecule has 0 aromatic rings. The van der Waals surface area contributed by atoms with Gasteiger partial charge in [0.1, 0.15) is 0 Å². The standard InChI is InChI=1S/C15H29NO/c1-12(2)10-13(11-17)16-14-6-9-15(14)7-4-3-5-8-15/h12-14,16-17H,3-11H2,1-2H3. The lowest BCUT2D eigenvalue weighted by Gasteiger charge is -2.53. The van der Waals surface area contributed by atoms with Gasteiger partial charge in [-0.15, -0.1) is 0 Å². The summed E-state index contributed by atoms with van der Waals surface area (Å²) >= 11 is 0. The summed E-state index contributed by atoms with van der Waals surface area (Å²) in [5, 5.41) is 13.2. The summed E-state index contributed by atoms with van der Waals surface area (Å²) in [5.41, 5.74) is 0.614. The van der Waals surface area contributed by atoms with Gasteiger partial charge in [-0.05, 0) is 43.4 Å². The normalized spacial score (nSPS) is 29.3. The van der Waals surface area contributed by atoms with E-state index in [0.29, 0.717) is 30.0 Å². The third kappa shape index (κ3) is 3.03. The van der Waals surface area contributed by atoms with Gasteiger partial charge in [0, 0.05) is 12.1 Å². The van der Waals surface area contributed by atoms with Crippen LogP contribution >= 0.6 is 0 Å². The van der Waals surface area contributed by atoms with E-state index < -0.39 is 0 Å². The summed E-state index contributed by atoms with van der Waals surface area (Å²) in [4.78, 5) is 0. The molecule has 2 unspecified atom stereocenters. The van der Waals surface area contributed by atoms with Gasteiger partial charge in [0.15, 0.2) is 0 Å². The van der Waals surface area contributed by atoms with Gasteiger partial charge >= 0.3 is 0 Å². The van der Waals surface area contributed by atoms with E-state index in [1.165, 1.54) is 44.9 Å². The van der Waals surface area contributed by atoms with Crippen molar-refractivity contribution in [1.82, 2.24) is 5.32 Å². The summed E-state index contributed by atoms with van der Waals surface area (Å²) in [7, 11) is 0. The predicted molar refractivity (Wildman–Crippen MR) is 72.0 cm³/mol. The molecule has 2 N–H and O–H groups in total. The van der Waals surface area contributed by atoms with E-state index in [4.69, 9.17) is 0 Å². The molecule has 0 aromatic heterocycles. The number of hydrogen-bond acceptors (Lipinski definition) is 2. The predicted octanol–water partition coefficient (Wildman–Crippen LogP) is 3.10. The molecule has 2 nitrogen and oxygen atoms in total. The highest BCUT2D eigenvalue weighted by atomic mass is 16.3. The molecule has 1 spiro atoms. The van der Waals surface area contributed by atoms with Crippen molar-refractivity contribution in [3.63, 3.8) is 0 Å². The molecule has 17 heavy (non-hydrogen) atoms. The highest BCUT2D eigenvalue weighted by Gasteiger charge is 2.47. The van der Waals surface area contributed by atoms with Crippen LogP contribution in [0.5, 0.6) is 0 Å². The van der Waals surface area contributed by atoms with Gasteiger partial charge in [-0.2, -0.15) is 0 Å². The first-order chi connectivity index (χ1) is 8.16. The molecule has 2 aliphatic carbocycles. The zero-order valence-electron chi connectivity index (χ0n) is 11.5. The van der Waals surface area contributed by atoms with E-state index in [1.807, 2.05) is 0 Å². The molecular formula is C15H29NO. The maximum Gasteiger partial charge on any atom is 0.0584 e. The Morgan fingerprint density at radius 3 is 2.35 bits per heavy atom. The van der Waals surface area contributed by atoms with Crippen LogP contribution < -0.4 is 5.32 Å². The Morgan fingerprint density at radius 2 is 1.88 bits per heavy atom. The van der Waals surface area contributed by atoms with Crippen molar-refractivity contribution in [1.29, 1.82) is 0 Å². The van der Waals surface area contributed by atoms with Crippen LogP contribution in [0.2, 0.25) is 0 Å². The fourth-order valence-corrected chi connectivity index (χ4v) is 3.86. The summed E-state index contributed by atoms with van der Waals surface area (Å²) in [6.45, 7) is 4.77. The maximum absolute atomic E-state index is 9.47. The van der Waals surface area contributed by atoms with Crippen LogP contribution in [0.15, 0.2) is 0 Å². The van der Waals surface area contributed by atoms with Gasteiger partial charge in [-0.25, -0.2) is 0 Å². The molecule has 0 radical (unpaired) electrons. The monoisotopic (exact) mass is 239 g/mol. The molecule has 2 saturated carbocycles. The molecule has 2 atom stereocenters. The van der Waals surface area contributed by atoms with Crippen LogP contribution in [0.3, 0.4) is 0 Å². The van der Waals surface area contributed by atoms with E-state index in [1.54, 1.807) is 0 Å². The molecule has 2 fully saturated rings.